The van der Waals surface area contributed by atoms with Crippen LogP contribution in [0.2, 0.25) is 0 Å². The van der Waals surface area contributed by atoms with Gasteiger partial charge in [-0.25, -0.2) is 4.98 Å². The smallest absolute Gasteiger partial charge is 0.215 e. The van der Waals surface area contributed by atoms with E-state index in [1.807, 2.05) is 25.2 Å². The largest absolute Gasteiger partial charge is 0.439 e. The van der Waals surface area contributed by atoms with Crippen LogP contribution in [0, 0.1) is 13.8 Å². The fraction of sp³-hybridized carbons (Fsp3) is 0.235. The van der Waals surface area contributed by atoms with Gasteiger partial charge in [-0.3, -0.25) is 0 Å². The molecule has 0 bridgehead atoms. The maximum absolute atomic E-state index is 5.92. The van der Waals surface area contributed by atoms with E-state index in [4.69, 9.17) is 10.2 Å². The number of benzene rings is 2. The van der Waals surface area contributed by atoms with E-state index in [-0.39, 0.29) is 0 Å². The lowest BCUT2D eigenvalue weighted by Crippen LogP contribution is -2.16. The van der Waals surface area contributed by atoms with Crippen molar-refractivity contribution in [3.05, 3.63) is 53.4 Å². The zero-order valence-corrected chi connectivity index (χ0v) is 12.6. The van der Waals surface area contributed by atoms with E-state index in [1.54, 1.807) is 0 Å². The molecule has 0 aliphatic heterocycles. The lowest BCUT2D eigenvalue weighted by molar-refractivity contribution is 0.527. The van der Waals surface area contributed by atoms with E-state index in [1.165, 1.54) is 11.1 Å². The Balaban J connectivity index is 1.89. The maximum Gasteiger partial charge on any atom is 0.215 e. The average molecular weight is 281 g/mol. The molecular formula is C17H19N3O. The van der Waals surface area contributed by atoms with Crippen LogP contribution in [-0.4, -0.2) is 12.0 Å². The number of fused-ring (bicyclic) bond motifs is 1. The Kier molecular flexibility index (Phi) is 3.29. The molecule has 0 amide bonds. The fourth-order valence-corrected chi connectivity index (χ4v) is 2.55. The van der Waals surface area contributed by atoms with Crippen molar-refractivity contribution in [1.29, 1.82) is 0 Å². The van der Waals surface area contributed by atoms with Crippen molar-refractivity contribution in [3.63, 3.8) is 0 Å². The summed E-state index contributed by atoms with van der Waals surface area (Å²) in [7, 11) is 2.03. The minimum Gasteiger partial charge on any atom is -0.439 e. The SMILES string of the molecule is Cc1cc(C)cc(N(C)Cc2nc3c(N)cccc3o2)c1. The second-order valence-corrected chi connectivity index (χ2v) is 5.50. The van der Waals surface area contributed by atoms with Crippen molar-refractivity contribution >= 4 is 22.5 Å². The predicted octanol–water partition coefficient (Wildman–Crippen LogP) is 3.66. The molecule has 2 N–H and O–H groups in total. The standard InChI is InChI=1S/C17H19N3O/c1-11-7-12(2)9-13(8-11)20(3)10-16-19-17-14(18)5-4-6-15(17)21-16/h4-9H,10,18H2,1-3H3. The summed E-state index contributed by atoms with van der Waals surface area (Å²) in [6, 6.07) is 12.1. The van der Waals surface area contributed by atoms with Gasteiger partial charge in [-0.1, -0.05) is 12.1 Å². The number of oxazole rings is 1. The molecule has 108 valence electrons. The number of rotatable bonds is 3. The molecule has 0 radical (unpaired) electrons. The maximum atomic E-state index is 5.92. The number of para-hydroxylation sites is 1. The second kappa shape index (κ2) is 5.13. The molecule has 1 aromatic heterocycles. The molecule has 0 spiro atoms. The Labute approximate surface area is 124 Å². The average Bonchev–Trinajstić information content (AvgIpc) is 2.81. The summed E-state index contributed by atoms with van der Waals surface area (Å²) in [5.74, 6) is 0.671. The van der Waals surface area contributed by atoms with Crippen LogP contribution >= 0.6 is 0 Å². The molecule has 4 nitrogen and oxygen atoms in total. The number of nitrogen functional groups attached to an aromatic ring is 1. The summed E-state index contributed by atoms with van der Waals surface area (Å²) < 4.78 is 5.77. The van der Waals surface area contributed by atoms with Crippen LogP contribution in [0.1, 0.15) is 17.0 Å². The predicted molar refractivity (Wildman–Crippen MR) is 86.4 cm³/mol. The number of anilines is 2. The van der Waals surface area contributed by atoms with Crippen LogP contribution in [0.5, 0.6) is 0 Å². The van der Waals surface area contributed by atoms with Crippen LogP contribution < -0.4 is 10.6 Å². The van der Waals surface area contributed by atoms with Crippen LogP contribution in [0.25, 0.3) is 11.1 Å². The lowest BCUT2D eigenvalue weighted by Gasteiger charge is -2.18. The Morgan fingerprint density at radius 1 is 1.14 bits per heavy atom. The van der Waals surface area contributed by atoms with Crippen LogP contribution in [0.3, 0.4) is 0 Å². The topological polar surface area (TPSA) is 55.3 Å². The van der Waals surface area contributed by atoms with Gasteiger partial charge in [0.2, 0.25) is 5.89 Å². The van der Waals surface area contributed by atoms with E-state index >= 15 is 0 Å². The van der Waals surface area contributed by atoms with Crippen molar-refractivity contribution in [1.82, 2.24) is 4.98 Å². The zero-order valence-electron chi connectivity index (χ0n) is 12.6. The van der Waals surface area contributed by atoms with E-state index in [2.05, 4.69) is 41.9 Å². The van der Waals surface area contributed by atoms with Gasteiger partial charge in [-0.05, 0) is 49.2 Å². The first-order valence-corrected chi connectivity index (χ1v) is 6.96. The molecule has 1 heterocycles. The molecule has 0 fully saturated rings. The quantitative estimate of drug-likeness (QED) is 0.744. The van der Waals surface area contributed by atoms with Gasteiger partial charge in [0, 0.05) is 12.7 Å². The first-order valence-electron chi connectivity index (χ1n) is 6.96. The van der Waals surface area contributed by atoms with Gasteiger partial charge in [-0.15, -0.1) is 0 Å². The molecule has 0 aliphatic rings. The number of hydrogen-bond acceptors (Lipinski definition) is 4. The summed E-state index contributed by atoms with van der Waals surface area (Å²) in [4.78, 5) is 6.62. The van der Waals surface area contributed by atoms with Crippen molar-refractivity contribution in [2.24, 2.45) is 0 Å². The third-order valence-electron chi connectivity index (χ3n) is 3.51. The number of aromatic nitrogens is 1. The summed E-state index contributed by atoms with van der Waals surface area (Å²) in [5, 5.41) is 0. The van der Waals surface area contributed by atoms with Crippen molar-refractivity contribution in [2.75, 3.05) is 17.7 Å². The van der Waals surface area contributed by atoms with Gasteiger partial charge in [0.25, 0.3) is 0 Å². The molecule has 0 aliphatic carbocycles. The van der Waals surface area contributed by atoms with Crippen molar-refractivity contribution < 1.29 is 4.42 Å². The molecule has 0 saturated heterocycles. The Morgan fingerprint density at radius 3 is 2.52 bits per heavy atom. The normalized spacial score (nSPS) is 11.0. The third-order valence-corrected chi connectivity index (χ3v) is 3.51. The van der Waals surface area contributed by atoms with Gasteiger partial charge in [0.15, 0.2) is 5.58 Å². The third kappa shape index (κ3) is 2.70. The summed E-state index contributed by atoms with van der Waals surface area (Å²) >= 11 is 0. The van der Waals surface area contributed by atoms with E-state index in [0.717, 1.165) is 16.8 Å². The van der Waals surface area contributed by atoms with Gasteiger partial charge in [0.1, 0.15) is 5.52 Å². The van der Waals surface area contributed by atoms with Gasteiger partial charge < -0.3 is 15.1 Å². The van der Waals surface area contributed by atoms with E-state index in [9.17, 15) is 0 Å². The lowest BCUT2D eigenvalue weighted by atomic mass is 10.1. The number of aryl methyl sites for hydroxylation is 2. The molecule has 2 aromatic carbocycles. The van der Waals surface area contributed by atoms with Crippen LogP contribution in [-0.2, 0) is 6.54 Å². The van der Waals surface area contributed by atoms with Gasteiger partial charge in [0.05, 0.1) is 12.2 Å². The number of nitrogens with zero attached hydrogens (tertiary/aromatic N) is 2. The van der Waals surface area contributed by atoms with Crippen LogP contribution in [0.4, 0.5) is 11.4 Å². The molecule has 3 rings (SSSR count). The van der Waals surface area contributed by atoms with Crippen LogP contribution in [0.15, 0.2) is 40.8 Å². The van der Waals surface area contributed by atoms with E-state index < -0.39 is 0 Å². The summed E-state index contributed by atoms with van der Waals surface area (Å²) in [5.41, 5.74) is 11.7. The molecular weight excluding hydrogens is 262 g/mol. The highest BCUT2D eigenvalue weighted by atomic mass is 16.3. The fourth-order valence-electron chi connectivity index (χ4n) is 2.55. The highest BCUT2D eigenvalue weighted by Gasteiger charge is 2.11. The highest BCUT2D eigenvalue weighted by Crippen LogP contribution is 2.24. The molecule has 0 atom stereocenters. The Bertz CT molecular complexity index is 772. The summed E-state index contributed by atoms with van der Waals surface area (Å²) in [6.07, 6.45) is 0. The number of hydrogen-bond donors (Lipinski definition) is 1. The molecule has 4 heteroatoms. The van der Waals surface area contributed by atoms with Crippen molar-refractivity contribution in [3.8, 4) is 0 Å². The minimum atomic E-state index is 0.608. The van der Waals surface area contributed by atoms with E-state index in [0.29, 0.717) is 18.1 Å². The molecule has 3 aromatic rings. The monoisotopic (exact) mass is 281 g/mol. The Morgan fingerprint density at radius 2 is 1.86 bits per heavy atom. The Hall–Kier alpha value is -2.49. The zero-order chi connectivity index (χ0) is 15.0. The van der Waals surface area contributed by atoms with Gasteiger partial charge >= 0.3 is 0 Å². The molecule has 0 unspecified atom stereocenters. The summed E-state index contributed by atoms with van der Waals surface area (Å²) in [6.45, 7) is 4.81. The minimum absolute atomic E-state index is 0.608. The first kappa shape index (κ1) is 13.5. The second-order valence-electron chi connectivity index (χ2n) is 5.50. The molecule has 21 heavy (non-hydrogen) atoms. The first-order chi connectivity index (χ1) is 10.0. The molecule has 0 saturated carbocycles. The highest BCUT2D eigenvalue weighted by molar-refractivity contribution is 5.85. The van der Waals surface area contributed by atoms with Crippen molar-refractivity contribution in [2.45, 2.75) is 20.4 Å². The van der Waals surface area contributed by atoms with Gasteiger partial charge in [-0.2, -0.15) is 0 Å². The number of nitrogens with two attached hydrogens (primary N) is 1.